The Morgan fingerprint density at radius 1 is 1.29 bits per heavy atom. The van der Waals surface area contributed by atoms with E-state index in [0.717, 1.165) is 4.90 Å². The SMILES string of the molecule is CC(=O)c1cc([N+](=O)[O-])c(Sc2ccc(C(C)C)cc2)s1. The molecule has 110 valence electrons. The van der Waals surface area contributed by atoms with Crippen LogP contribution in [-0.2, 0) is 0 Å². The lowest BCUT2D eigenvalue weighted by Crippen LogP contribution is -1.88. The van der Waals surface area contributed by atoms with E-state index in [1.54, 1.807) is 0 Å². The fraction of sp³-hybridized carbons (Fsp3) is 0.267. The van der Waals surface area contributed by atoms with Gasteiger partial charge in [0.15, 0.2) is 5.78 Å². The number of carbonyl (C=O) groups is 1. The number of thiophene rings is 1. The maximum atomic E-state index is 11.4. The van der Waals surface area contributed by atoms with Crippen molar-refractivity contribution in [3.05, 3.63) is 50.9 Å². The zero-order valence-electron chi connectivity index (χ0n) is 12.0. The van der Waals surface area contributed by atoms with Crippen LogP contribution in [0.4, 0.5) is 5.69 Å². The van der Waals surface area contributed by atoms with E-state index in [0.29, 0.717) is 15.0 Å². The van der Waals surface area contributed by atoms with Crippen molar-refractivity contribution in [2.24, 2.45) is 0 Å². The van der Waals surface area contributed by atoms with Crippen LogP contribution in [0.25, 0.3) is 0 Å². The molecule has 1 heterocycles. The van der Waals surface area contributed by atoms with Gasteiger partial charge < -0.3 is 0 Å². The fourth-order valence-electron chi connectivity index (χ4n) is 1.77. The van der Waals surface area contributed by atoms with Gasteiger partial charge in [-0.2, -0.15) is 0 Å². The Morgan fingerprint density at radius 2 is 1.90 bits per heavy atom. The summed E-state index contributed by atoms with van der Waals surface area (Å²) >= 11 is 2.50. The molecule has 2 aromatic rings. The van der Waals surface area contributed by atoms with Crippen LogP contribution in [0.5, 0.6) is 0 Å². The third kappa shape index (κ3) is 3.71. The molecule has 0 saturated heterocycles. The first-order chi connectivity index (χ1) is 9.88. The zero-order valence-corrected chi connectivity index (χ0v) is 13.6. The van der Waals surface area contributed by atoms with Gasteiger partial charge in [0.2, 0.25) is 0 Å². The molecule has 2 rings (SSSR count). The number of Topliss-reactive ketones (excluding diaryl/α,β-unsaturated/α-hetero) is 1. The summed E-state index contributed by atoms with van der Waals surface area (Å²) in [5, 5.41) is 11.1. The van der Waals surface area contributed by atoms with Gasteiger partial charge in [-0.15, -0.1) is 11.3 Å². The third-order valence-electron chi connectivity index (χ3n) is 2.98. The van der Waals surface area contributed by atoms with Gasteiger partial charge in [-0.3, -0.25) is 14.9 Å². The van der Waals surface area contributed by atoms with Crippen molar-refractivity contribution in [2.75, 3.05) is 0 Å². The second kappa shape index (κ2) is 6.41. The van der Waals surface area contributed by atoms with Crippen LogP contribution in [0, 0.1) is 10.1 Å². The van der Waals surface area contributed by atoms with Crippen LogP contribution in [-0.4, -0.2) is 10.7 Å². The molecule has 6 heteroatoms. The molecule has 21 heavy (non-hydrogen) atoms. The molecular formula is C15H15NO3S2. The van der Waals surface area contributed by atoms with Crippen LogP contribution in [0.1, 0.15) is 41.9 Å². The molecule has 0 bridgehead atoms. The minimum atomic E-state index is -0.437. The van der Waals surface area contributed by atoms with Crippen molar-refractivity contribution >= 4 is 34.6 Å². The van der Waals surface area contributed by atoms with Crippen molar-refractivity contribution in [3.8, 4) is 0 Å². The molecule has 4 nitrogen and oxygen atoms in total. The Balaban J connectivity index is 2.30. The Hall–Kier alpha value is -1.66. The highest BCUT2D eigenvalue weighted by Gasteiger charge is 2.21. The van der Waals surface area contributed by atoms with Gasteiger partial charge in [0.1, 0.15) is 4.21 Å². The van der Waals surface area contributed by atoms with Crippen molar-refractivity contribution < 1.29 is 9.72 Å². The number of benzene rings is 1. The molecule has 0 saturated carbocycles. The first kappa shape index (κ1) is 15.7. The van der Waals surface area contributed by atoms with Gasteiger partial charge in [0.05, 0.1) is 9.80 Å². The lowest BCUT2D eigenvalue weighted by molar-refractivity contribution is -0.387. The molecular weight excluding hydrogens is 306 g/mol. The monoisotopic (exact) mass is 321 g/mol. The minimum Gasteiger partial charge on any atom is -0.294 e. The first-order valence-electron chi connectivity index (χ1n) is 6.45. The Labute approximate surface area is 131 Å². The predicted molar refractivity (Wildman–Crippen MR) is 85.6 cm³/mol. The summed E-state index contributed by atoms with van der Waals surface area (Å²) in [6.07, 6.45) is 0. The van der Waals surface area contributed by atoms with Crippen LogP contribution in [0.15, 0.2) is 39.4 Å². The molecule has 0 aliphatic rings. The van der Waals surface area contributed by atoms with Gasteiger partial charge in [-0.25, -0.2) is 0 Å². The highest BCUT2D eigenvalue weighted by Crippen LogP contribution is 2.41. The summed E-state index contributed by atoms with van der Waals surface area (Å²) in [6, 6.07) is 9.32. The van der Waals surface area contributed by atoms with E-state index in [-0.39, 0.29) is 11.5 Å². The summed E-state index contributed by atoms with van der Waals surface area (Å²) < 4.78 is 0.544. The summed E-state index contributed by atoms with van der Waals surface area (Å²) in [4.78, 5) is 23.4. The molecule has 0 radical (unpaired) electrons. The zero-order chi connectivity index (χ0) is 15.6. The maximum Gasteiger partial charge on any atom is 0.294 e. The van der Waals surface area contributed by atoms with E-state index in [9.17, 15) is 14.9 Å². The molecule has 1 aromatic heterocycles. The molecule has 0 amide bonds. The second-order valence-electron chi connectivity index (χ2n) is 4.92. The standard InChI is InChI=1S/C15H15NO3S2/c1-9(2)11-4-6-12(7-5-11)20-15-13(16(18)19)8-14(21-15)10(3)17/h4-9H,1-3H3. The van der Waals surface area contributed by atoms with Crippen molar-refractivity contribution in [3.63, 3.8) is 0 Å². The number of hydrogen-bond acceptors (Lipinski definition) is 5. The second-order valence-corrected chi connectivity index (χ2v) is 7.32. The van der Waals surface area contributed by atoms with E-state index >= 15 is 0 Å². The lowest BCUT2D eigenvalue weighted by Gasteiger charge is -2.05. The van der Waals surface area contributed by atoms with Crippen LogP contribution in [0.2, 0.25) is 0 Å². The van der Waals surface area contributed by atoms with E-state index in [2.05, 4.69) is 13.8 Å². The minimum absolute atomic E-state index is 0.00290. The van der Waals surface area contributed by atoms with Crippen LogP contribution in [0.3, 0.4) is 0 Å². The van der Waals surface area contributed by atoms with Crippen molar-refractivity contribution in [1.82, 2.24) is 0 Å². The molecule has 0 N–H and O–H groups in total. The number of carbonyl (C=O) groups excluding carboxylic acids is 1. The van der Waals surface area contributed by atoms with E-state index in [4.69, 9.17) is 0 Å². The average Bonchev–Trinajstić information content (AvgIpc) is 2.83. The van der Waals surface area contributed by atoms with Crippen molar-refractivity contribution in [1.29, 1.82) is 0 Å². The molecule has 0 fully saturated rings. The Kier molecular flexibility index (Phi) is 4.80. The van der Waals surface area contributed by atoms with Gasteiger partial charge in [0.25, 0.3) is 5.69 Å². The third-order valence-corrected chi connectivity index (χ3v) is 5.40. The predicted octanol–water partition coefficient (Wildman–Crippen LogP) is 5.13. The molecule has 0 unspecified atom stereocenters. The van der Waals surface area contributed by atoms with Crippen molar-refractivity contribution in [2.45, 2.75) is 35.8 Å². The van der Waals surface area contributed by atoms with E-state index < -0.39 is 4.92 Å². The van der Waals surface area contributed by atoms with Gasteiger partial charge in [-0.1, -0.05) is 37.7 Å². The average molecular weight is 321 g/mol. The largest absolute Gasteiger partial charge is 0.294 e. The Morgan fingerprint density at radius 3 is 2.38 bits per heavy atom. The lowest BCUT2D eigenvalue weighted by atomic mass is 10.0. The number of hydrogen-bond donors (Lipinski definition) is 0. The molecule has 0 spiro atoms. The molecule has 0 aliphatic heterocycles. The van der Waals surface area contributed by atoms with E-state index in [1.807, 2.05) is 24.3 Å². The topological polar surface area (TPSA) is 60.2 Å². The normalized spacial score (nSPS) is 10.9. The molecule has 0 atom stereocenters. The molecule has 1 aromatic carbocycles. The summed E-state index contributed by atoms with van der Waals surface area (Å²) in [5.41, 5.74) is 1.23. The molecule has 0 aliphatic carbocycles. The van der Waals surface area contributed by atoms with Gasteiger partial charge in [0, 0.05) is 11.0 Å². The van der Waals surface area contributed by atoms with Gasteiger partial charge >= 0.3 is 0 Å². The maximum absolute atomic E-state index is 11.4. The number of nitro groups is 1. The fourth-order valence-corrected chi connectivity index (χ4v) is 3.97. The summed E-state index contributed by atoms with van der Waals surface area (Å²) in [7, 11) is 0. The smallest absolute Gasteiger partial charge is 0.294 e. The summed E-state index contributed by atoms with van der Waals surface area (Å²) in [6.45, 7) is 5.65. The highest BCUT2D eigenvalue weighted by atomic mass is 32.2. The number of rotatable bonds is 5. The van der Waals surface area contributed by atoms with Crippen LogP contribution >= 0.6 is 23.1 Å². The first-order valence-corrected chi connectivity index (χ1v) is 8.08. The van der Waals surface area contributed by atoms with Gasteiger partial charge in [-0.05, 0) is 30.5 Å². The Bertz CT molecular complexity index is 675. The highest BCUT2D eigenvalue weighted by molar-refractivity contribution is 8.01. The van der Waals surface area contributed by atoms with Crippen LogP contribution < -0.4 is 0 Å². The number of ketones is 1. The van der Waals surface area contributed by atoms with E-state index in [1.165, 1.54) is 41.7 Å². The summed E-state index contributed by atoms with van der Waals surface area (Å²) in [5.74, 6) is 0.301. The quantitative estimate of drug-likeness (QED) is 0.435. The number of nitrogens with zero attached hydrogens (tertiary/aromatic N) is 1.